The molecule has 1 N–H and O–H groups in total. The van der Waals surface area contributed by atoms with Gasteiger partial charge in [0.15, 0.2) is 0 Å². The topological polar surface area (TPSA) is 110 Å². The zero-order chi connectivity index (χ0) is 22.6. The van der Waals surface area contributed by atoms with Crippen molar-refractivity contribution in [2.24, 2.45) is 0 Å². The summed E-state index contributed by atoms with van der Waals surface area (Å²) < 4.78 is 27.8. The second kappa shape index (κ2) is 8.97. The Labute approximate surface area is 180 Å². The molecule has 0 bridgehead atoms. The van der Waals surface area contributed by atoms with Gasteiger partial charge >= 0.3 is 0 Å². The number of rotatable bonds is 7. The van der Waals surface area contributed by atoms with Crippen molar-refractivity contribution in [1.29, 1.82) is 0 Å². The molecule has 160 valence electrons. The number of nitrogens with one attached hydrogen (secondary N) is 1. The van der Waals surface area contributed by atoms with E-state index in [2.05, 4.69) is 5.32 Å². The van der Waals surface area contributed by atoms with Crippen LogP contribution in [-0.2, 0) is 14.8 Å². The van der Waals surface area contributed by atoms with E-state index < -0.39 is 27.4 Å². The maximum absolute atomic E-state index is 13.4. The summed E-state index contributed by atoms with van der Waals surface area (Å²) in [4.78, 5) is 23.2. The number of amides is 1. The number of nitro groups is 1. The van der Waals surface area contributed by atoms with Crippen molar-refractivity contribution < 1.29 is 18.1 Å². The minimum Gasteiger partial charge on any atom is -0.324 e. The van der Waals surface area contributed by atoms with Crippen LogP contribution in [0.15, 0.2) is 77.7 Å². The molecule has 0 radical (unpaired) electrons. The van der Waals surface area contributed by atoms with Gasteiger partial charge in [-0.1, -0.05) is 42.0 Å². The van der Waals surface area contributed by atoms with Gasteiger partial charge in [0.1, 0.15) is 6.54 Å². The minimum atomic E-state index is -4.03. The van der Waals surface area contributed by atoms with E-state index in [0.717, 1.165) is 9.87 Å². The maximum atomic E-state index is 13.4. The standard InChI is InChI=1S/C22H21N3O5S/c1-16-11-12-21(17(2)13-16)24(31(29,30)20-9-4-3-5-10-20)15-22(26)23-18-7-6-8-19(14-18)25(27)28/h3-14H,15H2,1-2H3,(H,23,26). The summed E-state index contributed by atoms with van der Waals surface area (Å²) in [6, 6.07) is 18.6. The Morgan fingerprint density at radius 1 is 1.00 bits per heavy atom. The number of carbonyl (C=O) groups excluding carboxylic acids is 1. The summed E-state index contributed by atoms with van der Waals surface area (Å²) in [5, 5.41) is 13.5. The normalized spacial score (nSPS) is 11.0. The fourth-order valence-corrected chi connectivity index (χ4v) is 4.64. The maximum Gasteiger partial charge on any atom is 0.271 e. The number of carbonyl (C=O) groups is 1. The van der Waals surface area contributed by atoms with E-state index in [4.69, 9.17) is 0 Å². The predicted octanol–water partition coefficient (Wildman–Crippen LogP) is 4.05. The van der Waals surface area contributed by atoms with Crippen molar-refractivity contribution in [3.05, 3.63) is 94.0 Å². The van der Waals surface area contributed by atoms with Gasteiger partial charge in [0, 0.05) is 17.8 Å². The number of sulfonamides is 1. The number of nitrogens with zero attached hydrogens (tertiary/aromatic N) is 2. The number of benzene rings is 3. The van der Waals surface area contributed by atoms with E-state index in [-0.39, 0.29) is 16.3 Å². The summed E-state index contributed by atoms with van der Waals surface area (Å²) in [5.74, 6) is -0.625. The van der Waals surface area contributed by atoms with Crippen LogP contribution in [0.3, 0.4) is 0 Å². The second-order valence-electron chi connectivity index (χ2n) is 6.97. The van der Waals surface area contributed by atoms with Gasteiger partial charge < -0.3 is 5.32 Å². The molecule has 0 heterocycles. The van der Waals surface area contributed by atoms with Crippen LogP contribution in [0.4, 0.5) is 17.1 Å². The van der Waals surface area contributed by atoms with E-state index in [1.165, 1.54) is 36.4 Å². The van der Waals surface area contributed by atoms with Crippen LogP contribution in [0.5, 0.6) is 0 Å². The monoisotopic (exact) mass is 439 g/mol. The summed E-state index contributed by atoms with van der Waals surface area (Å²) >= 11 is 0. The predicted molar refractivity (Wildman–Crippen MR) is 119 cm³/mol. The Bertz CT molecular complexity index is 1230. The Hall–Kier alpha value is -3.72. The van der Waals surface area contributed by atoms with E-state index >= 15 is 0 Å². The lowest BCUT2D eigenvalue weighted by Gasteiger charge is -2.26. The molecule has 3 rings (SSSR count). The van der Waals surface area contributed by atoms with Crippen LogP contribution in [0.1, 0.15) is 11.1 Å². The van der Waals surface area contributed by atoms with Crippen LogP contribution >= 0.6 is 0 Å². The van der Waals surface area contributed by atoms with Gasteiger partial charge in [-0.05, 0) is 43.7 Å². The molecule has 0 saturated carbocycles. The molecule has 0 atom stereocenters. The molecular weight excluding hydrogens is 418 g/mol. The molecule has 31 heavy (non-hydrogen) atoms. The van der Waals surface area contributed by atoms with Crippen LogP contribution < -0.4 is 9.62 Å². The van der Waals surface area contributed by atoms with E-state index in [1.54, 1.807) is 37.3 Å². The van der Waals surface area contributed by atoms with Gasteiger partial charge in [-0.2, -0.15) is 0 Å². The highest BCUT2D eigenvalue weighted by atomic mass is 32.2. The van der Waals surface area contributed by atoms with Gasteiger partial charge in [-0.25, -0.2) is 8.42 Å². The molecule has 8 nitrogen and oxygen atoms in total. The Kier molecular flexibility index (Phi) is 6.36. The lowest BCUT2D eigenvalue weighted by Crippen LogP contribution is -2.38. The van der Waals surface area contributed by atoms with Crippen molar-refractivity contribution in [1.82, 2.24) is 0 Å². The van der Waals surface area contributed by atoms with Gasteiger partial charge in [-0.15, -0.1) is 0 Å². The molecule has 9 heteroatoms. The van der Waals surface area contributed by atoms with Crippen molar-refractivity contribution in [2.75, 3.05) is 16.2 Å². The van der Waals surface area contributed by atoms with Crippen LogP contribution in [0, 0.1) is 24.0 Å². The first-order chi connectivity index (χ1) is 14.7. The Morgan fingerprint density at radius 3 is 2.35 bits per heavy atom. The molecule has 0 aliphatic carbocycles. The number of hydrogen-bond acceptors (Lipinski definition) is 5. The largest absolute Gasteiger partial charge is 0.324 e. The third-order valence-corrected chi connectivity index (χ3v) is 6.35. The SMILES string of the molecule is Cc1ccc(N(CC(=O)Nc2cccc([N+](=O)[O-])c2)S(=O)(=O)c2ccccc2)c(C)c1. The van der Waals surface area contributed by atoms with Crippen LogP contribution in [-0.4, -0.2) is 25.8 Å². The van der Waals surface area contributed by atoms with Gasteiger partial charge in [0.25, 0.3) is 15.7 Å². The third kappa shape index (κ3) is 5.07. The molecule has 0 aliphatic heterocycles. The highest BCUT2D eigenvalue weighted by molar-refractivity contribution is 7.92. The average molecular weight is 439 g/mol. The first kappa shape index (κ1) is 22.0. The minimum absolute atomic E-state index is 0.0538. The molecule has 1 amide bonds. The van der Waals surface area contributed by atoms with Crippen molar-refractivity contribution in [3.8, 4) is 0 Å². The number of anilines is 2. The summed E-state index contributed by atoms with van der Waals surface area (Å²) in [7, 11) is -4.03. The number of nitro benzene ring substituents is 1. The molecule has 0 aromatic heterocycles. The molecule has 3 aromatic rings. The number of aryl methyl sites for hydroxylation is 2. The smallest absolute Gasteiger partial charge is 0.271 e. The highest BCUT2D eigenvalue weighted by Crippen LogP contribution is 2.28. The van der Waals surface area contributed by atoms with Gasteiger partial charge in [0.05, 0.1) is 15.5 Å². The summed E-state index contributed by atoms with van der Waals surface area (Å²) in [5.41, 5.74) is 2.06. The van der Waals surface area contributed by atoms with E-state index in [1.807, 2.05) is 13.0 Å². The van der Waals surface area contributed by atoms with Crippen LogP contribution in [0.2, 0.25) is 0 Å². The molecule has 0 saturated heterocycles. The highest BCUT2D eigenvalue weighted by Gasteiger charge is 2.28. The number of non-ortho nitro benzene ring substituents is 1. The Balaban J connectivity index is 1.96. The van der Waals surface area contributed by atoms with Gasteiger partial charge in [0.2, 0.25) is 5.91 Å². The van der Waals surface area contributed by atoms with E-state index in [0.29, 0.717) is 11.3 Å². The molecular formula is C22H21N3O5S. The van der Waals surface area contributed by atoms with Crippen molar-refractivity contribution in [3.63, 3.8) is 0 Å². The second-order valence-corrected chi connectivity index (χ2v) is 8.83. The molecule has 3 aromatic carbocycles. The fraction of sp³-hybridized carbons (Fsp3) is 0.136. The molecule has 0 aliphatic rings. The molecule has 0 spiro atoms. The zero-order valence-corrected chi connectivity index (χ0v) is 17.8. The first-order valence-corrected chi connectivity index (χ1v) is 10.8. The molecule has 0 unspecified atom stereocenters. The lowest BCUT2D eigenvalue weighted by atomic mass is 10.1. The van der Waals surface area contributed by atoms with Crippen molar-refractivity contribution >= 4 is 33.0 Å². The quantitative estimate of drug-likeness (QED) is 0.441. The first-order valence-electron chi connectivity index (χ1n) is 9.38. The lowest BCUT2D eigenvalue weighted by molar-refractivity contribution is -0.384. The zero-order valence-electron chi connectivity index (χ0n) is 17.0. The van der Waals surface area contributed by atoms with Crippen molar-refractivity contribution in [2.45, 2.75) is 18.7 Å². The summed E-state index contributed by atoms with van der Waals surface area (Å²) in [6.45, 7) is 3.17. The summed E-state index contributed by atoms with van der Waals surface area (Å²) in [6.07, 6.45) is 0. The average Bonchev–Trinajstić information content (AvgIpc) is 2.73. The number of hydrogen-bond donors (Lipinski definition) is 1. The third-order valence-electron chi connectivity index (χ3n) is 4.58. The molecule has 0 fully saturated rings. The van der Waals surface area contributed by atoms with E-state index in [9.17, 15) is 23.3 Å². The fourth-order valence-electron chi connectivity index (χ4n) is 3.13. The van der Waals surface area contributed by atoms with Gasteiger partial charge in [-0.3, -0.25) is 19.2 Å². The van der Waals surface area contributed by atoms with Crippen LogP contribution in [0.25, 0.3) is 0 Å². The Morgan fingerprint density at radius 2 is 1.71 bits per heavy atom.